The molecule has 6 heteroatoms. The number of nitrogens with zero attached hydrogens (tertiary/aromatic N) is 3. The molecule has 27 heavy (non-hydrogen) atoms. The summed E-state index contributed by atoms with van der Waals surface area (Å²) in [5, 5.41) is 2.11. The Hall–Kier alpha value is -2.47. The van der Waals surface area contributed by atoms with Crippen molar-refractivity contribution in [1.82, 2.24) is 14.5 Å². The number of carbonyl (C=O) groups is 1. The van der Waals surface area contributed by atoms with Gasteiger partial charge in [-0.15, -0.1) is 11.3 Å². The third-order valence-corrected chi connectivity index (χ3v) is 5.40. The van der Waals surface area contributed by atoms with Crippen molar-refractivity contribution in [2.45, 2.75) is 46.1 Å². The molecule has 0 saturated heterocycles. The molecule has 3 rings (SSSR count). The molecule has 0 aliphatic heterocycles. The molecular weight excluding hydrogens is 358 g/mol. The fourth-order valence-corrected chi connectivity index (χ4v) is 3.91. The standard InChI is InChI=1S/C21H25N3O2S/c1-4-18-13-22-20(24(18)14-19-8-6-10-27-19)9-5-7-17-12-16(21(25)26-3)11-15(2)23-17/h6,8,10-13H,4-5,7,9,14H2,1-3H3. The van der Waals surface area contributed by atoms with Crippen molar-refractivity contribution < 1.29 is 9.53 Å². The zero-order valence-electron chi connectivity index (χ0n) is 16.1. The third kappa shape index (κ3) is 4.83. The van der Waals surface area contributed by atoms with E-state index in [-0.39, 0.29) is 5.97 Å². The number of carbonyl (C=O) groups excluding carboxylic acids is 1. The maximum Gasteiger partial charge on any atom is 0.337 e. The van der Waals surface area contributed by atoms with Crippen LogP contribution in [0, 0.1) is 6.92 Å². The summed E-state index contributed by atoms with van der Waals surface area (Å²) in [6.07, 6.45) is 5.58. The van der Waals surface area contributed by atoms with Gasteiger partial charge < -0.3 is 9.30 Å². The van der Waals surface area contributed by atoms with Crippen LogP contribution in [0.5, 0.6) is 0 Å². The lowest BCUT2D eigenvalue weighted by Crippen LogP contribution is -2.09. The number of aryl methyl sites for hydroxylation is 4. The number of hydrogen-bond donors (Lipinski definition) is 0. The second-order valence-corrected chi connectivity index (χ2v) is 7.55. The number of methoxy groups -OCH3 is 1. The highest BCUT2D eigenvalue weighted by Gasteiger charge is 2.12. The lowest BCUT2D eigenvalue weighted by molar-refractivity contribution is 0.0600. The average Bonchev–Trinajstić information content (AvgIpc) is 3.31. The van der Waals surface area contributed by atoms with Gasteiger partial charge in [-0.1, -0.05) is 13.0 Å². The molecule has 0 saturated carbocycles. The normalized spacial score (nSPS) is 10.9. The Kier molecular flexibility index (Phi) is 6.40. The minimum Gasteiger partial charge on any atom is -0.465 e. The van der Waals surface area contributed by atoms with E-state index in [1.165, 1.54) is 17.7 Å². The van der Waals surface area contributed by atoms with Gasteiger partial charge in [0, 0.05) is 34.6 Å². The predicted octanol–water partition coefficient (Wildman–Crippen LogP) is 4.22. The number of ether oxygens (including phenoxy) is 1. The van der Waals surface area contributed by atoms with E-state index >= 15 is 0 Å². The molecule has 0 unspecified atom stereocenters. The topological polar surface area (TPSA) is 57.0 Å². The maximum atomic E-state index is 11.8. The van der Waals surface area contributed by atoms with Crippen molar-refractivity contribution >= 4 is 17.3 Å². The molecule has 3 aromatic heterocycles. The summed E-state index contributed by atoms with van der Waals surface area (Å²) in [6, 6.07) is 7.84. The number of thiophene rings is 1. The van der Waals surface area contributed by atoms with Gasteiger partial charge in [0.1, 0.15) is 5.82 Å². The van der Waals surface area contributed by atoms with Crippen molar-refractivity contribution in [2.75, 3.05) is 7.11 Å². The van der Waals surface area contributed by atoms with E-state index in [9.17, 15) is 4.79 Å². The van der Waals surface area contributed by atoms with Crippen LogP contribution in [-0.4, -0.2) is 27.6 Å². The Bertz CT molecular complexity index is 900. The summed E-state index contributed by atoms with van der Waals surface area (Å²) >= 11 is 1.78. The Morgan fingerprint density at radius 2 is 2.15 bits per heavy atom. The van der Waals surface area contributed by atoms with Crippen LogP contribution in [0.25, 0.3) is 0 Å². The molecule has 3 aromatic rings. The molecule has 0 atom stereocenters. The zero-order valence-corrected chi connectivity index (χ0v) is 16.9. The highest BCUT2D eigenvalue weighted by molar-refractivity contribution is 7.09. The van der Waals surface area contributed by atoms with Crippen LogP contribution >= 0.6 is 11.3 Å². The molecule has 142 valence electrons. The minimum atomic E-state index is -0.319. The van der Waals surface area contributed by atoms with Crippen molar-refractivity contribution in [2.24, 2.45) is 0 Å². The van der Waals surface area contributed by atoms with Crippen LogP contribution < -0.4 is 0 Å². The minimum absolute atomic E-state index is 0.319. The molecule has 0 bridgehead atoms. The molecule has 0 spiro atoms. The fraction of sp³-hybridized carbons (Fsp3) is 0.381. The van der Waals surface area contributed by atoms with Gasteiger partial charge in [0.2, 0.25) is 0 Å². The number of esters is 1. The first-order valence-corrected chi connectivity index (χ1v) is 10.1. The first-order valence-electron chi connectivity index (χ1n) is 9.22. The SMILES string of the molecule is CCc1cnc(CCCc2cc(C(=O)OC)cc(C)n2)n1Cc1cccs1. The van der Waals surface area contributed by atoms with E-state index in [4.69, 9.17) is 4.74 Å². The van der Waals surface area contributed by atoms with Crippen LogP contribution in [0.4, 0.5) is 0 Å². The molecule has 0 aliphatic rings. The Balaban J connectivity index is 1.68. The Morgan fingerprint density at radius 3 is 2.85 bits per heavy atom. The van der Waals surface area contributed by atoms with Crippen molar-refractivity contribution in [3.63, 3.8) is 0 Å². The van der Waals surface area contributed by atoms with Gasteiger partial charge in [0.15, 0.2) is 0 Å². The maximum absolute atomic E-state index is 11.8. The van der Waals surface area contributed by atoms with E-state index in [2.05, 4.69) is 39.0 Å². The summed E-state index contributed by atoms with van der Waals surface area (Å²) in [6.45, 7) is 4.94. The molecule has 0 amide bonds. The van der Waals surface area contributed by atoms with Gasteiger partial charge >= 0.3 is 5.97 Å². The Labute approximate surface area is 164 Å². The lowest BCUT2D eigenvalue weighted by Gasteiger charge is -2.10. The number of pyridine rings is 1. The van der Waals surface area contributed by atoms with Gasteiger partial charge in [-0.25, -0.2) is 9.78 Å². The quantitative estimate of drug-likeness (QED) is 0.547. The fourth-order valence-electron chi connectivity index (χ4n) is 3.22. The van der Waals surface area contributed by atoms with Crippen molar-refractivity contribution in [3.8, 4) is 0 Å². The Morgan fingerprint density at radius 1 is 1.30 bits per heavy atom. The van der Waals surface area contributed by atoms with E-state index in [1.54, 1.807) is 17.4 Å². The number of rotatable bonds is 8. The van der Waals surface area contributed by atoms with Crippen LogP contribution in [0.3, 0.4) is 0 Å². The summed E-state index contributed by atoms with van der Waals surface area (Å²) in [7, 11) is 1.40. The largest absolute Gasteiger partial charge is 0.465 e. The van der Waals surface area contributed by atoms with E-state index in [0.717, 1.165) is 49.4 Å². The smallest absolute Gasteiger partial charge is 0.337 e. The van der Waals surface area contributed by atoms with Crippen LogP contribution in [-0.2, 0) is 30.5 Å². The summed E-state index contributed by atoms with van der Waals surface area (Å²) in [5.74, 6) is 0.793. The summed E-state index contributed by atoms with van der Waals surface area (Å²) in [4.78, 5) is 22.3. The zero-order chi connectivity index (χ0) is 19.2. The van der Waals surface area contributed by atoms with E-state index in [0.29, 0.717) is 5.56 Å². The van der Waals surface area contributed by atoms with Crippen LogP contribution in [0.15, 0.2) is 35.8 Å². The van der Waals surface area contributed by atoms with E-state index < -0.39 is 0 Å². The molecule has 0 aliphatic carbocycles. The van der Waals surface area contributed by atoms with Crippen LogP contribution in [0.1, 0.15) is 51.5 Å². The second-order valence-electron chi connectivity index (χ2n) is 6.52. The highest BCUT2D eigenvalue weighted by Crippen LogP contribution is 2.17. The van der Waals surface area contributed by atoms with Gasteiger partial charge in [-0.3, -0.25) is 4.98 Å². The van der Waals surface area contributed by atoms with Crippen LogP contribution in [0.2, 0.25) is 0 Å². The summed E-state index contributed by atoms with van der Waals surface area (Å²) < 4.78 is 7.15. The summed E-state index contributed by atoms with van der Waals surface area (Å²) in [5.41, 5.74) is 3.58. The molecule has 5 nitrogen and oxygen atoms in total. The molecule has 0 fully saturated rings. The van der Waals surface area contributed by atoms with Gasteiger partial charge in [-0.2, -0.15) is 0 Å². The molecule has 0 aromatic carbocycles. The van der Waals surface area contributed by atoms with Gasteiger partial charge in [0.25, 0.3) is 0 Å². The molecule has 3 heterocycles. The van der Waals surface area contributed by atoms with Gasteiger partial charge in [-0.05, 0) is 49.8 Å². The van der Waals surface area contributed by atoms with Gasteiger partial charge in [0.05, 0.1) is 19.2 Å². The number of hydrogen-bond acceptors (Lipinski definition) is 5. The van der Waals surface area contributed by atoms with E-state index in [1.807, 2.05) is 19.2 Å². The number of imidazole rings is 1. The molecular formula is C21H25N3O2S. The van der Waals surface area contributed by atoms with Crippen molar-refractivity contribution in [1.29, 1.82) is 0 Å². The highest BCUT2D eigenvalue weighted by atomic mass is 32.1. The lowest BCUT2D eigenvalue weighted by atomic mass is 10.1. The first-order chi connectivity index (χ1) is 13.1. The first kappa shape index (κ1) is 19.3. The monoisotopic (exact) mass is 383 g/mol. The third-order valence-electron chi connectivity index (χ3n) is 4.54. The number of aromatic nitrogens is 3. The predicted molar refractivity (Wildman–Crippen MR) is 107 cm³/mol. The second kappa shape index (κ2) is 8.95. The van der Waals surface area contributed by atoms with Crippen molar-refractivity contribution in [3.05, 3.63) is 69.2 Å². The average molecular weight is 384 g/mol. The molecule has 0 radical (unpaired) electrons. The molecule has 0 N–H and O–H groups in total.